The summed E-state index contributed by atoms with van der Waals surface area (Å²) in [5.41, 5.74) is 5.26. The Morgan fingerprint density at radius 3 is 2.72 bits per heavy atom. The Bertz CT molecular complexity index is 1340. The average molecular weight is 377 g/mol. The maximum atomic E-state index is 13.3. The van der Waals surface area contributed by atoms with Gasteiger partial charge in [0.15, 0.2) is 5.78 Å². The highest BCUT2D eigenvalue weighted by Gasteiger charge is 2.17. The van der Waals surface area contributed by atoms with Gasteiger partial charge in [-0.15, -0.1) is 0 Å². The van der Waals surface area contributed by atoms with Crippen LogP contribution in [0.5, 0.6) is 0 Å². The monoisotopic (exact) mass is 377 g/mol. The first-order valence-corrected chi connectivity index (χ1v) is 9.57. The third-order valence-electron chi connectivity index (χ3n) is 5.16. The van der Waals surface area contributed by atoms with Gasteiger partial charge in [-0.3, -0.25) is 9.78 Å². The van der Waals surface area contributed by atoms with Gasteiger partial charge >= 0.3 is 0 Å². The molecule has 5 aromatic rings. The summed E-state index contributed by atoms with van der Waals surface area (Å²) >= 11 is 0. The van der Waals surface area contributed by atoms with Crippen LogP contribution in [0.2, 0.25) is 0 Å². The molecule has 0 saturated carbocycles. The predicted octanol–water partition coefficient (Wildman–Crippen LogP) is 5.56. The maximum absolute atomic E-state index is 13.3. The molecule has 29 heavy (non-hydrogen) atoms. The van der Waals surface area contributed by atoms with Crippen molar-refractivity contribution >= 4 is 33.3 Å². The van der Waals surface area contributed by atoms with E-state index in [1.54, 1.807) is 12.4 Å². The van der Waals surface area contributed by atoms with Gasteiger partial charge in [0.05, 0.1) is 5.52 Å². The fraction of sp³-hybridized carbons (Fsp3) is 0.0400. The number of aromatic amines is 1. The molecule has 0 bridgehead atoms. The number of H-pyrrole nitrogens is 1. The van der Waals surface area contributed by atoms with E-state index in [1.807, 2.05) is 60.7 Å². The lowest BCUT2D eigenvalue weighted by atomic mass is 10.0. The molecule has 0 aliphatic rings. The van der Waals surface area contributed by atoms with Crippen molar-refractivity contribution in [1.29, 1.82) is 0 Å². The lowest BCUT2D eigenvalue weighted by Gasteiger charge is -2.12. The Morgan fingerprint density at radius 2 is 1.76 bits per heavy atom. The molecule has 4 heteroatoms. The van der Waals surface area contributed by atoms with Gasteiger partial charge in [-0.25, -0.2) is 0 Å². The van der Waals surface area contributed by atoms with Crippen molar-refractivity contribution < 1.29 is 4.79 Å². The van der Waals surface area contributed by atoms with E-state index in [-0.39, 0.29) is 5.78 Å². The molecule has 2 heterocycles. The van der Waals surface area contributed by atoms with Crippen LogP contribution in [0.3, 0.4) is 0 Å². The number of ketones is 1. The third kappa shape index (κ3) is 3.25. The van der Waals surface area contributed by atoms with E-state index in [1.165, 1.54) is 0 Å². The van der Waals surface area contributed by atoms with E-state index >= 15 is 0 Å². The normalized spacial score (nSPS) is 11.0. The number of carbonyl (C=O) groups excluding carboxylic acids is 1. The van der Waals surface area contributed by atoms with Gasteiger partial charge in [-0.1, -0.05) is 42.5 Å². The second kappa shape index (κ2) is 7.24. The number of fused-ring (bicyclic) bond motifs is 2. The van der Waals surface area contributed by atoms with E-state index < -0.39 is 0 Å². The molecule has 4 nitrogen and oxygen atoms in total. The van der Waals surface area contributed by atoms with Crippen LogP contribution in [-0.4, -0.2) is 15.8 Å². The fourth-order valence-electron chi connectivity index (χ4n) is 3.67. The van der Waals surface area contributed by atoms with Crippen LogP contribution in [0.4, 0.5) is 5.69 Å². The van der Waals surface area contributed by atoms with Crippen molar-refractivity contribution in [2.75, 3.05) is 5.32 Å². The number of carbonyl (C=O) groups is 1. The lowest BCUT2D eigenvalue weighted by Crippen LogP contribution is -2.07. The summed E-state index contributed by atoms with van der Waals surface area (Å²) in [6.07, 6.45) is 3.59. The van der Waals surface area contributed by atoms with Gasteiger partial charge in [0.1, 0.15) is 0 Å². The highest BCUT2D eigenvalue weighted by atomic mass is 16.1. The molecule has 0 radical (unpaired) electrons. The largest absolute Gasteiger partial charge is 0.380 e. The van der Waals surface area contributed by atoms with Crippen LogP contribution >= 0.6 is 0 Å². The number of nitrogens with zero attached hydrogens (tertiary/aromatic N) is 1. The number of aromatic nitrogens is 2. The molecular formula is C25H19N3O. The molecule has 2 N–H and O–H groups in total. The quantitative estimate of drug-likeness (QED) is 0.394. The molecule has 5 rings (SSSR count). The summed E-state index contributed by atoms with van der Waals surface area (Å²) in [7, 11) is 0. The lowest BCUT2D eigenvalue weighted by molar-refractivity contribution is 0.104. The highest BCUT2D eigenvalue weighted by molar-refractivity contribution is 6.18. The summed E-state index contributed by atoms with van der Waals surface area (Å²) in [5, 5.41) is 5.48. The molecule has 0 aliphatic heterocycles. The molecule has 0 atom stereocenters. The standard InChI is InChI=1S/C25H19N3O/c29-25(21-16-28-23-9-3-1-7-19(21)23)20-8-2-4-10-24(20)27-15-17-11-12-22-18(14-17)6-5-13-26-22/h1-14,16,27-28H,15H2. The van der Waals surface area contributed by atoms with E-state index in [0.717, 1.165) is 33.1 Å². The van der Waals surface area contributed by atoms with Crippen molar-refractivity contribution in [3.05, 3.63) is 108 Å². The van der Waals surface area contributed by atoms with Crippen LogP contribution in [0.25, 0.3) is 21.8 Å². The van der Waals surface area contributed by atoms with Crippen LogP contribution in [0, 0.1) is 0 Å². The number of hydrogen-bond donors (Lipinski definition) is 2. The first-order chi connectivity index (χ1) is 14.3. The number of para-hydroxylation sites is 2. The first kappa shape index (κ1) is 17.2. The number of pyridine rings is 1. The van der Waals surface area contributed by atoms with E-state index in [4.69, 9.17) is 0 Å². The second-order valence-electron chi connectivity index (χ2n) is 7.01. The van der Waals surface area contributed by atoms with Crippen LogP contribution in [0.1, 0.15) is 21.5 Å². The van der Waals surface area contributed by atoms with Crippen LogP contribution < -0.4 is 5.32 Å². The number of hydrogen-bond acceptors (Lipinski definition) is 3. The molecule has 3 aromatic carbocycles. The number of nitrogens with one attached hydrogen (secondary N) is 2. The summed E-state index contributed by atoms with van der Waals surface area (Å²) in [5.74, 6) is 0.00765. The number of rotatable bonds is 5. The number of benzene rings is 3. The summed E-state index contributed by atoms with van der Waals surface area (Å²) in [4.78, 5) is 20.8. The van der Waals surface area contributed by atoms with Crippen molar-refractivity contribution in [3.63, 3.8) is 0 Å². The Hall–Kier alpha value is -3.92. The molecule has 2 aromatic heterocycles. The third-order valence-corrected chi connectivity index (χ3v) is 5.16. The van der Waals surface area contributed by atoms with E-state index in [2.05, 4.69) is 33.5 Å². The van der Waals surface area contributed by atoms with Crippen molar-refractivity contribution in [2.24, 2.45) is 0 Å². The summed E-state index contributed by atoms with van der Waals surface area (Å²) < 4.78 is 0. The highest BCUT2D eigenvalue weighted by Crippen LogP contribution is 2.25. The summed E-state index contributed by atoms with van der Waals surface area (Å²) in [6, 6.07) is 25.7. The molecule has 0 fully saturated rings. The average Bonchev–Trinajstić information content (AvgIpc) is 3.21. The Labute approximate surface area is 168 Å². The van der Waals surface area contributed by atoms with E-state index in [9.17, 15) is 4.79 Å². The first-order valence-electron chi connectivity index (χ1n) is 9.57. The van der Waals surface area contributed by atoms with Gasteiger partial charge in [0.2, 0.25) is 0 Å². The molecular weight excluding hydrogens is 358 g/mol. The Kier molecular flexibility index (Phi) is 4.30. The van der Waals surface area contributed by atoms with E-state index in [0.29, 0.717) is 17.7 Å². The van der Waals surface area contributed by atoms with Crippen molar-refractivity contribution in [3.8, 4) is 0 Å². The smallest absolute Gasteiger partial charge is 0.197 e. The zero-order chi connectivity index (χ0) is 19.6. The molecule has 0 amide bonds. The van der Waals surface area contributed by atoms with Crippen LogP contribution in [0.15, 0.2) is 91.3 Å². The fourth-order valence-corrected chi connectivity index (χ4v) is 3.67. The maximum Gasteiger partial charge on any atom is 0.197 e. The summed E-state index contributed by atoms with van der Waals surface area (Å²) in [6.45, 7) is 0.628. The van der Waals surface area contributed by atoms with Gasteiger partial charge in [0, 0.05) is 52.0 Å². The minimum absolute atomic E-state index is 0.00765. The zero-order valence-corrected chi connectivity index (χ0v) is 15.7. The van der Waals surface area contributed by atoms with Gasteiger partial charge in [0.25, 0.3) is 0 Å². The molecule has 0 aliphatic carbocycles. The predicted molar refractivity (Wildman–Crippen MR) is 117 cm³/mol. The molecule has 140 valence electrons. The SMILES string of the molecule is O=C(c1ccccc1NCc1ccc2ncccc2c1)c1c[nH]c2ccccc12. The van der Waals surface area contributed by atoms with Gasteiger partial charge < -0.3 is 10.3 Å². The molecule has 0 unspecified atom stereocenters. The van der Waals surface area contributed by atoms with Crippen LogP contribution in [-0.2, 0) is 6.54 Å². The molecule has 0 saturated heterocycles. The zero-order valence-electron chi connectivity index (χ0n) is 15.7. The van der Waals surface area contributed by atoms with Gasteiger partial charge in [-0.05, 0) is 42.0 Å². The number of anilines is 1. The second-order valence-corrected chi connectivity index (χ2v) is 7.01. The molecule has 0 spiro atoms. The van der Waals surface area contributed by atoms with Crippen molar-refractivity contribution in [2.45, 2.75) is 6.54 Å². The minimum Gasteiger partial charge on any atom is -0.380 e. The minimum atomic E-state index is 0.00765. The Balaban J connectivity index is 1.43. The Morgan fingerprint density at radius 1 is 0.897 bits per heavy atom. The van der Waals surface area contributed by atoms with Gasteiger partial charge in [-0.2, -0.15) is 0 Å². The van der Waals surface area contributed by atoms with Crippen molar-refractivity contribution in [1.82, 2.24) is 9.97 Å². The topological polar surface area (TPSA) is 57.8 Å².